The minimum absolute atomic E-state index is 0.696. The third kappa shape index (κ3) is 3.52. The molecule has 0 aliphatic carbocycles. The van der Waals surface area contributed by atoms with Crippen LogP contribution in [0.3, 0.4) is 0 Å². The van der Waals surface area contributed by atoms with Crippen molar-refractivity contribution >= 4 is 16.3 Å². The van der Waals surface area contributed by atoms with Crippen LogP contribution in [0.5, 0.6) is 0 Å². The van der Waals surface area contributed by atoms with Gasteiger partial charge in [-0.05, 0) is 36.2 Å². The lowest BCUT2D eigenvalue weighted by molar-refractivity contribution is 0.693. The smallest absolute Gasteiger partial charge is 0.194 e. The summed E-state index contributed by atoms with van der Waals surface area (Å²) in [4.78, 5) is 7.01. The second-order valence-electron chi connectivity index (χ2n) is 6.27. The highest BCUT2D eigenvalue weighted by Gasteiger charge is 2.07. The zero-order valence-electron chi connectivity index (χ0n) is 14.4. The number of aromatic nitrogens is 2. The maximum absolute atomic E-state index is 8.98. The number of nitrogens with one attached hydrogen (secondary N) is 1. The Morgan fingerprint density at radius 1 is 1.08 bits per heavy atom. The lowest BCUT2D eigenvalue weighted by Crippen LogP contribution is -2.12. The van der Waals surface area contributed by atoms with Crippen LogP contribution < -0.4 is 5.32 Å². The Labute approximate surface area is 156 Å². The van der Waals surface area contributed by atoms with Crippen molar-refractivity contribution in [3.8, 4) is 17.3 Å². The largest absolute Gasteiger partial charge is 0.309 e. The van der Waals surface area contributed by atoms with Gasteiger partial charge in [0.05, 0.1) is 17.3 Å². The van der Waals surface area contributed by atoms with Crippen LogP contribution in [0.15, 0.2) is 60.9 Å². The van der Waals surface area contributed by atoms with Crippen molar-refractivity contribution < 1.29 is 0 Å². The van der Waals surface area contributed by atoms with E-state index in [1.54, 1.807) is 11.3 Å². The number of hydrogen-bond acceptors (Lipinski definition) is 4. The predicted octanol–water partition coefficient (Wildman–Crippen LogP) is 4.53. The summed E-state index contributed by atoms with van der Waals surface area (Å²) in [5, 5.41) is 12.4. The number of hydrogen-bond donors (Lipinski definition) is 1. The van der Waals surface area contributed by atoms with Crippen molar-refractivity contribution in [2.24, 2.45) is 0 Å². The van der Waals surface area contributed by atoms with Crippen LogP contribution in [0.1, 0.15) is 21.6 Å². The molecule has 0 saturated carbocycles. The molecule has 0 unspecified atom stereocenters. The molecule has 0 aliphatic heterocycles. The van der Waals surface area contributed by atoms with Crippen molar-refractivity contribution in [3.63, 3.8) is 0 Å². The number of nitrogens with zero attached hydrogens (tertiary/aromatic N) is 3. The Kier molecular flexibility index (Phi) is 4.53. The molecule has 4 aromatic rings. The third-order valence-electron chi connectivity index (χ3n) is 4.21. The second kappa shape index (κ2) is 7.12. The van der Waals surface area contributed by atoms with Crippen molar-refractivity contribution in [2.45, 2.75) is 20.0 Å². The lowest BCUT2D eigenvalue weighted by Gasteiger charge is -2.07. The normalized spacial score (nSPS) is 10.9. The topological polar surface area (TPSA) is 53.1 Å². The SMILES string of the molecule is Cc1cn2cc(-c3cccc(CNCc4cccc(C#N)c4)c3)nc2s1. The summed E-state index contributed by atoms with van der Waals surface area (Å²) in [5.41, 5.74) is 5.15. The molecule has 2 aromatic carbocycles. The number of rotatable bonds is 5. The van der Waals surface area contributed by atoms with Gasteiger partial charge in [0.1, 0.15) is 0 Å². The number of nitriles is 1. The molecule has 0 atom stereocenters. The van der Waals surface area contributed by atoms with Crippen LogP contribution in [0.4, 0.5) is 0 Å². The van der Waals surface area contributed by atoms with E-state index in [9.17, 15) is 0 Å². The van der Waals surface area contributed by atoms with E-state index in [-0.39, 0.29) is 0 Å². The number of aryl methyl sites for hydroxylation is 1. The quantitative estimate of drug-likeness (QED) is 0.570. The maximum atomic E-state index is 8.98. The predicted molar refractivity (Wildman–Crippen MR) is 105 cm³/mol. The molecule has 2 aromatic heterocycles. The van der Waals surface area contributed by atoms with E-state index in [0.717, 1.165) is 34.9 Å². The second-order valence-corrected chi connectivity index (χ2v) is 7.49. The minimum Gasteiger partial charge on any atom is -0.309 e. The molecular weight excluding hydrogens is 340 g/mol. The van der Waals surface area contributed by atoms with Gasteiger partial charge < -0.3 is 5.32 Å². The molecule has 0 radical (unpaired) electrons. The molecule has 0 aliphatic rings. The van der Waals surface area contributed by atoms with Crippen LogP contribution >= 0.6 is 11.3 Å². The molecule has 4 nitrogen and oxygen atoms in total. The van der Waals surface area contributed by atoms with E-state index in [1.807, 2.05) is 24.3 Å². The average Bonchev–Trinajstić information content (AvgIpc) is 3.20. The Morgan fingerprint density at radius 3 is 2.62 bits per heavy atom. The summed E-state index contributed by atoms with van der Waals surface area (Å²) >= 11 is 1.70. The van der Waals surface area contributed by atoms with E-state index < -0.39 is 0 Å². The molecule has 0 saturated heterocycles. The fourth-order valence-electron chi connectivity index (χ4n) is 2.99. The standard InChI is InChI=1S/C21H18N4S/c1-15-13-25-14-20(24-21(25)26-15)19-7-3-6-18(9-19)12-23-11-17-5-2-4-16(8-17)10-22/h2-9,13-14,23H,11-12H2,1H3. The van der Waals surface area contributed by atoms with E-state index >= 15 is 0 Å². The molecule has 5 heteroatoms. The third-order valence-corrected chi connectivity index (χ3v) is 5.12. The lowest BCUT2D eigenvalue weighted by atomic mass is 10.1. The number of imidazole rings is 1. The Hall–Kier alpha value is -2.94. The Morgan fingerprint density at radius 2 is 1.85 bits per heavy atom. The number of benzene rings is 2. The first-order chi connectivity index (χ1) is 12.7. The van der Waals surface area contributed by atoms with Crippen molar-refractivity contribution in [1.82, 2.24) is 14.7 Å². The van der Waals surface area contributed by atoms with Gasteiger partial charge in [0.25, 0.3) is 0 Å². The highest BCUT2D eigenvalue weighted by atomic mass is 32.1. The Balaban J connectivity index is 1.45. The average molecular weight is 358 g/mol. The molecule has 26 heavy (non-hydrogen) atoms. The highest BCUT2D eigenvalue weighted by molar-refractivity contribution is 7.17. The van der Waals surface area contributed by atoms with Gasteiger partial charge in [0, 0.05) is 35.9 Å². The molecule has 128 valence electrons. The van der Waals surface area contributed by atoms with Gasteiger partial charge in [0.15, 0.2) is 4.96 Å². The monoisotopic (exact) mass is 358 g/mol. The molecule has 0 amide bonds. The molecule has 4 rings (SSSR count). The highest BCUT2D eigenvalue weighted by Crippen LogP contribution is 2.24. The first-order valence-electron chi connectivity index (χ1n) is 8.45. The summed E-state index contributed by atoms with van der Waals surface area (Å²) in [6.45, 7) is 3.60. The van der Waals surface area contributed by atoms with Gasteiger partial charge in [0.2, 0.25) is 0 Å². The van der Waals surface area contributed by atoms with Crippen LogP contribution in [0.25, 0.3) is 16.2 Å². The zero-order valence-corrected chi connectivity index (χ0v) is 15.3. The molecule has 0 spiro atoms. The van der Waals surface area contributed by atoms with Crippen molar-refractivity contribution in [1.29, 1.82) is 5.26 Å². The van der Waals surface area contributed by atoms with Crippen molar-refractivity contribution in [2.75, 3.05) is 0 Å². The zero-order chi connectivity index (χ0) is 17.9. The van der Waals surface area contributed by atoms with E-state index in [2.05, 4.69) is 59.4 Å². The van der Waals surface area contributed by atoms with Gasteiger partial charge >= 0.3 is 0 Å². The van der Waals surface area contributed by atoms with E-state index in [1.165, 1.54) is 10.4 Å². The molecule has 1 N–H and O–H groups in total. The summed E-state index contributed by atoms with van der Waals surface area (Å²) in [5.74, 6) is 0. The summed E-state index contributed by atoms with van der Waals surface area (Å²) in [6, 6.07) is 18.3. The van der Waals surface area contributed by atoms with E-state index in [4.69, 9.17) is 10.2 Å². The first kappa shape index (κ1) is 16.5. The van der Waals surface area contributed by atoms with Gasteiger partial charge in [-0.3, -0.25) is 4.40 Å². The Bertz CT molecular complexity index is 1070. The summed E-state index contributed by atoms with van der Waals surface area (Å²) < 4.78 is 2.09. The summed E-state index contributed by atoms with van der Waals surface area (Å²) in [7, 11) is 0. The number of fused-ring (bicyclic) bond motifs is 1. The van der Waals surface area contributed by atoms with Crippen LogP contribution in [-0.2, 0) is 13.1 Å². The molecule has 2 heterocycles. The molecule has 0 fully saturated rings. The van der Waals surface area contributed by atoms with Gasteiger partial charge in [-0.2, -0.15) is 5.26 Å². The first-order valence-corrected chi connectivity index (χ1v) is 9.27. The van der Waals surface area contributed by atoms with Gasteiger partial charge in [-0.1, -0.05) is 30.3 Å². The molecular formula is C21H18N4S. The minimum atomic E-state index is 0.696. The van der Waals surface area contributed by atoms with Crippen LogP contribution in [0.2, 0.25) is 0 Å². The maximum Gasteiger partial charge on any atom is 0.194 e. The van der Waals surface area contributed by atoms with Gasteiger partial charge in [-0.25, -0.2) is 4.98 Å². The number of thiazole rings is 1. The fourth-order valence-corrected chi connectivity index (χ4v) is 3.80. The van der Waals surface area contributed by atoms with E-state index in [0.29, 0.717) is 5.56 Å². The fraction of sp³-hybridized carbons (Fsp3) is 0.143. The molecule has 0 bridgehead atoms. The summed E-state index contributed by atoms with van der Waals surface area (Å²) in [6.07, 6.45) is 4.19. The van der Waals surface area contributed by atoms with Crippen molar-refractivity contribution in [3.05, 3.63) is 82.5 Å². The van der Waals surface area contributed by atoms with Crippen LogP contribution in [0, 0.1) is 18.3 Å². The van der Waals surface area contributed by atoms with Gasteiger partial charge in [-0.15, -0.1) is 11.3 Å². The van der Waals surface area contributed by atoms with Crippen LogP contribution in [-0.4, -0.2) is 9.38 Å².